The smallest absolute Gasteiger partial charge is 0.161 e. The number of hydrogen-bond donors (Lipinski definition) is 5. The Balaban J connectivity index is 1.83. The molecule has 8 nitrogen and oxygen atoms in total. The number of H-pyrrole nitrogens is 1. The van der Waals surface area contributed by atoms with Crippen molar-refractivity contribution >= 4 is 17.0 Å². The first-order chi connectivity index (χ1) is 12.5. The predicted octanol–water partition coefficient (Wildman–Crippen LogP) is 1.09. The minimum absolute atomic E-state index is 0.100. The molecule has 7 N–H and O–H groups in total. The van der Waals surface area contributed by atoms with Crippen molar-refractivity contribution in [3.63, 3.8) is 0 Å². The number of nitrogens with zero attached hydrogens (tertiary/aromatic N) is 1. The van der Waals surface area contributed by atoms with Gasteiger partial charge >= 0.3 is 0 Å². The standard InChI is InChI=1S/C17H17FN6O2/c1-7(25)9-2-10(12(18)3-13(9)19)15-14-16(26-24-17(14)20)11(6-21-15)8-4-22-23-5-8/h2-6,15,17,21,24H,19-20H2,1H3,(H,22,23). The fraction of sp³-hybridized carbons (Fsp3) is 0.176. The van der Waals surface area contributed by atoms with E-state index in [9.17, 15) is 9.18 Å². The Labute approximate surface area is 148 Å². The molecule has 26 heavy (non-hydrogen) atoms. The first-order valence-electron chi connectivity index (χ1n) is 7.95. The maximum atomic E-state index is 14.6. The molecule has 0 bridgehead atoms. The summed E-state index contributed by atoms with van der Waals surface area (Å²) in [5.74, 6) is -0.271. The van der Waals surface area contributed by atoms with E-state index in [1.54, 1.807) is 18.6 Å². The SMILES string of the molecule is CC(=O)c1cc(C2NC=C(c3cn[nH]c3)C3=C2C(N)NO3)c(F)cc1N. The number of nitrogen functional groups attached to an aromatic ring is 1. The van der Waals surface area contributed by atoms with Crippen LogP contribution in [0.15, 0.2) is 42.1 Å². The number of allylic oxidation sites excluding steroid dienone is 1. The Kier molecular flexibility index (Phi) is 3.74. The molecule has 3 heterocycles. The Morgan fingerprint density at radius 1 is 1.38 bits per heavy atom. The third-order valence-electron chi connectivity index (χ3n) is 4.50. The van der Waals surface area contributed by atoms with Gasteiger partial charge in [0.15, 0.2) is 11.5 Å². The van der Waals surface area contributed by atoms with E-state index in [2.05, 4.69) is 21.0 Å². The number of hydroxylamine groups is 1. The second kappa shape index (κ2) is 5.97. The molecule has 1 aromatic carbocycles. The highest BCUT2D eigenvalue weighted by molar-refractivity contribution is 5.99. The molecule has 0 fully saturated rings. The van der Waals surface area contributed by atoms with E-state index in [4.69, 9.17) is 16.3 Å². The summed E-state index contributed by atoms with van der Waals surface area (Å²) in [6.45, 7) is 1.38. The van der Waals surface area contributed by atoms with Gasteiger partial charge in [0.05, 0.1) is 12.2 Å². The Morgan fingerprint density at radius 3 is 2.88 bits per heavy atom. The summed E-state index contributed by atoms with van der Waals surface area (Å²) in [6.07, 6.45) is 4.42. The highest BCUT2D eigenvalue weighted by atomic mass is 19.1. The molecule has 4 rings (SSSR count). The number of carbonyl (C=O) groups excluding carboxylic acids is 1. The van der Waals surface area contributed by atoms with Gasteiger partial charge in [0, 0.05) is 45.9 Å². The van der Waals surface area contributed by atoms with Gasteiger partial charge in [-0.3, -0.25) is 9.89 Å². The molecule has 0 amide bonds. The van der Waals surface area contributed by atoms with Crippen molar-refractivity contribution in [3.8, 4) is 0 Å². The highest BCUT2D eigenvalue weighted by Crippen LogP contribution is 2.40. The van der Waals surface area contributed by atoms with E-state index in [-0.39, 0.29) is 22.6 Å². The summed E-state index contributed by atoms with van der Waals surface area (Å²) in [4.78, 5) is 17.3. The number of rotatable bonds is 3. The molecule has 0 radical (unpaired) electrons. The number of ketones is 1. The van der Waals surface area contributed by atoms with Crippen LogP contribution in [0.3, 0.4) is 0 Å². The molecule has 134 valence electrons. The highest BCUT2D eigenvalue weighted by Gasteiger charge is 2.38. The van der Waals surface area contributed by atoms with Crippen LogP contribution in [0.2, 0.25) is 0 Å². The number of aromatic nitrogens is 2. The zero-order valence-electron chi connectivity index (χ0n) is 13.8. The van der Waals surface area contributed by atoms with Crippen LogP contribution in [-0.2, 0) is 4.84 Å². The van der Waals surface area contributed by atoms with E-state index in [1.807, 2.05) is 0 Å². The maximum absolute atomic E-state index is 14.6. The minimum Gasteiger partial charge on any atom is -0.406 e. The van der Waals surface area contributed by atoms with Crippen molar-refractivity contribution in [3.05, 3.63) is 64.6 Å². The second-order valence-corrected chi connectivity index (χ2v) is 6.14. The predicted molar refractivity (Wildman–Crippen MR) is 92.5 cm³/mol. The second-order valence-electron chi connectivity index (χ2n) is 6.14. The van der Waals surface area contributed by atoms with E-state index < -0.39 is 18.0 Å². The molecule has 2 aliphatic heterocycles. The number of benzene rings is 1. The minimum atomic E-state index is -0.643. The molecular formula is C17H17FN6O2. The molecule has 9 heteroatoms. The monoisotopic (exact) mass is 356 g/mol. The van der Waals surface area contributed by atoms with Crippen molar-refractivity contribution in [1.82, 2.24) is 21.0 Å². The number of nitrogens with two attached hydrogens (primary N) is 2. The topological polar surface area (TPSA) is 131 Å². The fourth-order valence-corrected chi connectivity index (χ4v) is 3.23. The molecule has 0 saturated carbocycles. The lowest BCUT2D eigenvalue weighted by molar-refractivity contribution is 0.101. The average Bonchev–Trinajstić information content (AvgIpc) is 3.25. The maximum Gasteiger partial charge on any atom is 0.161 e. The largest absolute Gasteiger partial charge is 0.406 e. The van der Waals surface area contributed by atoms with Gasteiger partial charge in [-0.05, 0) is 19.1 Å². The molecule has 0 spiro atoms. The first-order valence-corrected chi connectivity index (χ1v) is 7.95. The van der Waals surface area contributed by atoms with Gasteiger partial charge in [-0.25, -0.2) is 4.39 Å². The van der Waals surface area contributed by atoms with Crippen LogP contribution in [0.4, 0.5) is 10.1 Å². The number of dihydropyridines is 1. The zero-order chi connectivity index (χ0) is 18.4. The lowest BCUT2D eigenvalue weighted by Gasteiger charge is -2.27. The molecule has 2 unspecified atom stereocenters. The first kappa shape index (κ1) is 16.3. The number of anilines is 1. The van der Waals surface area contributed by atoms with Gasteiger partial charge in [-0.2, -0.15) is 5.10 Å². The van der Waals surface area contributed by atoms with Gasteiger partial charge in [-0.15, -0.1) is 5.48 Å². The van der Waals surface area contributed by atoms with Crippen LogP contribution in [0.25, 0.3) is 5.57 Å². The van der Waals surface area contributed by atoms with E-state index >= 15 is 0 Å². The molecule has 0 saturated heterocycles. The number of halogens is 1. The molecule has 2 aromatic rings. The Hall–Kier alpha value is -3.17. The van der Waals surface area contributed by atoms with Crippen molar-refractivity contribution < 1.29 is 14.0 Å². The number of Topliss-reactive ketones (excluding diaryl/α,β-unsaturated/α-hetero) is 1. The van der Waals surface area contributed by atoms with Crippen LogP contribution >= 0.6 is 0 Å². The van der Waals surface area contributed by atoms with Gasteiger partial charge < -0.3 is 21.6 Å². The van der Waals surface area contributed by atoms with Gasteiger partial charge in [-0.1, -0.05) is 0 Å². The third kappa shape index (κ3) is 2.45. The van der Waals surface area contributed by atoms with Crippen molar-refractivity contribution in [1.29, 1.82) is 0 Å². The van der Waals surface area contributed by atoms with Crippen LogP contribution in [-0.4, -0.2) is 22.1 Å². The third-order valence-corrected chi connectivity index (χ3v) is 4.50. The van der Waals surface area contributed by atoms with Crippen molar-refractivity contribution in [2.75, 3.05) is 5.73 Å². The molecule has 0 aliphatic carbocycles. The summed E-state index contributed by atoms with van der Waals surface area (Å²) in [7, 11) is 0. The van der Waals surface area contributed by atoms with Crippen LogP contribution in [0.5, 0.6) is 0 Å². The van der Waals surface area contributed by atoms with Crippen molar-refractivity contribution in [2.24, 2.45) is 5.73 Å². The summed E-state index contributed by atoms with van der Waals surface area (Å²) in [5.41, 5.74) is 17.4. The fourth-order valence-electron chi connectivity index (χ4n) is 3.23. The number of carbonyl (C=O) groups is 1. The van der Waals surface area contributed by atoms with E-state index in [0.717, 1.165) is 17.2 Å². The van der Waals surface area contributed by atoms with E-state index in [1.165, 1.54) is 13.0 Å². The van der Waals surface area contributed by atoms with E-state index in [0.29, 0.717) is 11.3 Å². The summed E-state index contributed by atoms with van der Waals surface area (Å²) in [5, 5.41) is 9.81. The van der Waals surface area contributed by atoms with Crippen LogP contribution in [0, 0.1) is 5.82 Å². The molecule has 2 aliphatic rings. The lowest BCUT2D eigenvalue weighted by atomic mass is 9.89. The van der Waals surface area contributed by atoms with Crippen LogP contribution < -0.4 is 22.3 Å². The van der Waals surface area contributed by atoms with Crippen molar-refractivity contribution in [2.45, 2.75) is 19.1 Å². The Morgan fingerprint density at radius 2 is 2.19 bits per heavy atom. The van der Waals surface area contributed by atoms with Gasteiger partial charge in [0.25, 0.3) is 0 Å². The summed E-state index contributed by atoms with van der Waals surface area (Å²) >= 11 is 0. The van der Waals surface area contributed by atoms with Gasteiger partial charge in [0.1, 0.15) is 12.0 Å². The average molecular weight is 356 g/mol. The zero-order valence-corrected chi connectivity index (χ0v) is 13.8. The van der Waals surface area contributed by atoms with Gasteiger partial charge in [0.2, 0.25) is 0 Å². The quantitative estimate of drug-likeness (QED) is 0.411. The number of nitrogens with one attached hydrogen (secondary N) is 3. The Bertz CT molecular complexity index is 950. The normalized spacial score (nSPS) is 21.7. The lowest BCUT2D eigenvalue weighted by Crippen LogP contribution is -2.38. The van der Waals surface area contributed by atoms with Crippen LogP contribution in [0.1, 0.15) is 34.5 Å². The molecular weight excluding hydrogens is 339 g/mol. The summed E-state index contributed by atoms with van der Waals surface area (Å²) in [6, 6.07) is 2.00. The molecule has 1 aromatic heterocycles. The molecule has 2 atom stereocenters. The number of hydrogen-bond acceptors (Lipinski definition) is 7. The summed E-state index contributed by atoms with van der Waals surface area (Å²) < 4.78 is 14.6. The number of aromatic amines is 1.